The normalized spacial score (nSPS) is 32.2. The molecule has 0 aromatic rings. The van der Waals surface area contributed by atoms with Crippen LogP contribution in [0.15, 0.2) is 0 Å². The average molecular weight is 361 g/mol. The topological polar surface area (TPSA) is 43.8 Å². The Hall–Kier alpha value is -0.320. The first-order valence-corrected chi connectivity index (χ1v) is 9.58. The lowest BCUT2D eigenvalue weighted by atomic mass is 9.75. The maximum absolute atomic E-state index is 10.9. The summed E-state index contributed by atoms with van der Waals surface area (Å²) in [4.78, 5) is 15.5. The quantitative estimate of drug-likeness (QED) is 0.783. The highest BCUT2D eigenvalue weighted by Crippen LogP contribution is 2.34. The van der Waals surface area contributed by atoms with E-state index in [9.17, 15) is 4.79 Å². The number of nitrogens with zero attached hydrogens (tertiary/aromatic N) is 2. The second-order valence-corrected chi connectivity index (χ2v) is 8.31. The van der Waals surface area contributed by atoms with Crippen molar-refractivity contribution in [3.63, 3.8) is 0 Å². The van der Waals surface area contributed by atoms with Gasteiger partial charge in [-0.1, -0.05) is 13.8 Å². The molecule has 24 heavy (non-hydrogen) atoms. The van der Waals surface area contributed by atoms with E-state index >= 15 is 0 Å². The van der Waals surface area contributed by atoms with Gasteiger partial charge < -0.3 is 10.0 Å². The molecule has 0 aromatic carbocycles. The van der Waals surface area contributed by atoms with Crippen LogP contribution >= 0.6 is 12.4 Å². The predicted octanol–water partition coefficient (Wildman–Crippen LogP) is 3.74. The Balaban J connectivity index is 0.00000288. The molecule has 3 atom stereocenters. The van der Waals surface area contributed by atoms with Crippen LogP contribution in [-0.2, 0) is 4.79 Å². The maximum Gasteiger partial charge on any atom is 0.317 e. The van der Waals surface area contributed by atoms with E-state index in [0.29, 0.717) is 6.04 Å². The van der Waals surface area contributed by atoms with Crippen LogP contribution in [-0.4, -0.2) is 60.1 Å². The van der Waals surface area contributed by atoms with Crippen LogP contribution in [0.2, 0.25) is 0 Å². The lowest BCUT2D eigenvalue weighted by Gasteiger charge is -2.33. The minimum Gasteiger partial charge on any atom is -0.480 e. The number of hydrogen-bond donors (Lipinski definition) is 1. The van der Waals surface area contributed by atoms with Gasteiger partial charge in [0.2, 0.25) is 0 Å². The summed E-state index contributed by atoms with van der Waals surface area (Å²) in [5.41, 5.74) is 0. The molecule has 4 nitrogen and oxygen atoms in total. The number of carboxylic acids is 1. The number of halogens is 1. The van der Waals surface area contributed by atoms with Crippen LogP contribution in [0.4, 0.5) is 0 Å². The van der Waals surface area contributed by atoms with Crippen LogP contribution in [0.1, 0.15) is 58.8 Å². The number of aliphatic carboxylic acids is 1. The van der Waals surface area contributed by atoms with Crippen molar-refractivity contribution >= 4 is 18.4 Å². The van der Waals surface area contributed by atoms with Crippen molar-refractivity contribution in [2.45, 2.75) is 64.8 Å². The van der Waals surface area contributed by atoms with Crippen molar-refractivity contribution < 1.29 is 9.90 Å². The van der Waals surface area contributed by atoms with E-state index < -0.39 is 5.97 Å². The molecule has 1 aliphatic heterocycles. The number of likely N-dealkylation sites (tertiary alicyclic amines) is 1. The second-order valence-electron chi connectivity index (χ2n) is 8.31. The molecule has 1 saturated heterocycles. The third kappa shape index (κ3) is 7.28. The fourth-order valence-corrected chi connectivity index (χ4v) is 4.86. The molecule has 2 rings (SSSR count). The molecule has 2 aliphatic rings. The summed E-state index contributed by atoms with van der Waals surface area (Å²) in [6.07, 6.45) is 9.05. The minimum absolute atomic E-state index is 0. The lowest BCUT2D eigenvalue weighted by Crippen LogP contribution is -2.36. The smallest absolute Gasteiger partial charge is 0.317 e. The van der Waals surface area contributed by atoms with E-state index in [1.165, 1.54) is 45.2 Å². The van der Waals surface area contributed by atoms with Crippen molar-refractivity contribution in [3.05, 3.63) is 0 Å². The summed E-state index contributed by atoms with van der Waals surface area (Å²) in [5.74, 6) is 2.01. The van der Waals surface area contributed by atoms with E-state index in [-0.39, 0.29) is 19.0 Å². The van der Waals surface area contributed by atoms with Gasteiger partial charge in [0, 0.05) is 6.04 Å². The van der Waals surface area contributed by atoms with E-state index in [2.05, 4.69) is 18.7 Å². The van der Waals surface area contributed by atoms with Crippen LogP contribution in [0, 0.1) is 17.8 Å². The molecule has 0 radical (unpaired) electrons. The Labute approximate surface area is 154 Å². The zero-order valence-corrected chi connectivity index (χ0v) is 16.6. The summed E-state index contributed by atoms with van der Waals surface area (Å²) in [5, 5.41) is 8.96. The van der Waals surface area contributed by atoms with E-state index in [4.69, 9.17) is 5.11 Å². The summed E-state index contributed by atoms with van der Waals surface area (Å²) < 4.78 is 0. The van der Waals surface area contributed by atoms with Gasteiger partial charge in [0.05, 0.1) is 6.54 Å². The Morgan fingerprint density at radius 3 is 2.42 bits per heavy atom. The molecule has 0 spiro atoms. The number of rotatable bonds is 6. The van der Waals surface area contributed by atoms with Gasteiger partial charge in [-0.15, -0.1) is 12.4 Å². The third-order valence-electron chi connectivity index (χ3n) is 5.93. The minimum atomic E-state index is -0.714. The van der Waals surface area contributed by atoms with Gasteiger partial charge in [-0.05, 0) is 89.4 Å². The summed E-state index contributed by atoms with van der Waals surface area (Å²) in [6, 6.07) is 0.436. The molecule has 1 N–H and O–H groups in total. The molecule has 3 unspecified atom stereocenters. The molecule has 1 aliphatic carbocycles. The molecule has 1 heterocycles. The Morgan fingerprint density at radius 1 is 1.12 bits per heavy atom. The van der Waals surface area contributed by atoms with Crippen LogP contribution < -0.4 is 0 Å². The predicted molar refractivity (Wildman–Crippen MR) is 102 cm³/mol. The molecule has 0 aromatic heterocycles. The van der Waals surface area contributed by atoms with Gasteiger partial charge in [-0.25, -0.2) is 0 Å². The van der Waals surface area contributed by atoms with Crippen LogP contribution in [0.25, 0.3) is 0 Å². The van der Waals surface area contributed by atoms with Crippen molar-refractivity contribution in [3.8, 4) is 0 Å². The van der Waals surface area contributed by atoms with Crippen molar-refractivity contribution in [1.29, 1.82) is 0 Å². The van der Waals surface area contributed by atoms with Gasteiger partial charge in [0.15, 0.2) is 0 Å². The molecule has 1 saturated carbocycles. The molecule has 142 valence electrons. The SMILES string of the molecule is CC1CC(C)CC(CCN2CCCC(N(C)CC(=O)O)CC2)C1.Cl. The molecule has 0 bridgehead atoms. The Morgan fingerprint density at radius 2 is 1.79 bits per heavy atom. The standard InChI is InChI=1S/C19H36N2O2.ClH/c1-15-11-16(2)13-17(12-15)6-9-21-8-4-5-18(7-10-21)20(3)14-19(22)23;/h15-18H,4-14H2,1-3H3,(H,22,23);1H. The third-order valence-corrected chi connectivity index (χ3v) is 5.93. The number of carboxylic acid groups (broad SMARTS) is 1. The fraction of sp³-hybridized carbons (Fsp3) is 0.947. The highest BCUT2D eigenvalue weighted by atomic mass is 35.5. The molecule has 0 amide bonds. The van der Waals surface area contributed by atoms with Gasteiger partial charge >= 0.3 is 5.97 Å². The van der Waals surface area contributed by atoms with Gasteiger partial charge in [-0.2, -0.15) is 0 Å². The van der Waals surface area contributed by atoms with Crippen molar-refractivity contribution in [2.75, 3.05) is 33.2 Å². The summed E-state index contributed by atoms with van der Waals surface area (Å²) >= 11 is 0. The monoisotopic (exact) mass is 360 g/mol. The first kappa shape index (κ1) is 21.7. The largest absolute Gasteiger partial charge is 0.480 e. The van der Waals surface area contributed by atoms with Crippen LogP contribution in [0.5, 0.6) is 0 Å². The van der Waals surface area contributed by atoms with Gasteiger partial charge in [0.25, 0.3) is 0 Å². The second kappa shape index (κ2) is 10.6. The zero-order chi connectivity index (χ0) is 16.8. The Bertz CT molecular complexity index is 370. The van der Waals surface area contributed by atoms with E-state index in [1.54, 1.807) is 0 Å². The summed E-state index contributed by atoms with van der Waals surface area (Å²) in [7, 11) is 1.96. The number of likely N-dealkylation sites (N-methyl/N-ethyl adjacent to an activating group) is 1. The van der Waals surface area contributed by atoms with Crippen LogP contribution in [0.3, 0.4) is 0 Å². The van der Waals surface area contributed by atoms with Gasteiger partial charge in [-0.3, -0.25) is 9.69 Å². The summed E-state index contributed by atoms with van der Waals surface area (Å²) in [6.45, 7) is 8.55. The lowest BCUT2D eigenvalue weighted by molar-refractivity contribution is -0.138. The van der Waals surface area contributed by atoms with Crippen molar-refractivity contribution in [2.24, 2.45) is 17.8 Å². The van der Waals surface area contributed by atoms with Gasteiger partial charge in [0.1, 0.15) is 0 Å². The maximum atomic E-state index is 10.9. The first-order chi connectivity index (χ1) is 10.9. The fourth-order valence-electron chi connectivity index (χ4n) is 4.86. The first-order valence-electron chi connectivity index (χ1n) is 9.58. The van der Waals surface area contributed by atoms with E-state index in [1.807, 2.05) is 11.9 Å². The molecular weight excluding hydrogens is 324 g/mol. The Kier molecular flexibility index (Phi) is 9.61. The molecule has 2 fully saturated rings. The highest BCUT2D eigenvalue weighted by molar-refractivity contribution is 5.85. The zero-order valence-electron chi connectivity index (χ0n) is 15.7. The average Bonchev–Trinajstić information content (AvgIpc) is 2.69. The molecule has 5 heteroatoms. The number of hydrogen-bond acceptors (Lipinski definition) is 3. The molecular formula is C19H37ClN2O2. The van der Waals surface area contributed by atoms with E-state index in [0.717, 1.165) is 37.1 Å². The highest BCUT2D eigenvalue weighted by Gasteiger charge is 2.25. The van der Waals surface area contributed by atoms with Crippen molar-refractivity contribution in [1.82, 2.24) is 9.80 Å². The number of carbonyl (C=O) groups is 1.